The molecule has 0 atom stereocenters. The first-order chi connectivity index (χ1) is 15.0. The van der Waals surface area contributed by atoms with Crippen molar-refractivity contribution < 1.29 is 14.3 Å². The summed E-state index contributed by atoms with van der Waals surface area (Å²) in [5.74, 6) is -0.534. The number of hydrogen-bond acceptors (Lipinski definition) is 6. The van der Waals surface area contributed by atoms with Gasteiger partial charge in [0.2, 0.25) is 0 Å². The second kappa shape index (κ2) is 9.42. The number of carbonyl (C=O) groups is 2. The minimum atomic E-state index is -0.323. The number of rotatable bonds is 5. The first-order valence-electron chi connectivity index (χ1n) is 10.0. The molecule has 1 aliphatic rings. The van der Waals surface area contributed by atoms with E-state index in [1.807, 2.05) is 12.1 Å². The molecule has 0 spiro atoms. The second-order valence-corrected chi connectivity index (χ2v) is 9.03. The van der Waals surface area contributed by atoms with Gasteiger partial charge in [-0.25, -0.2) is 9.78 Å². The maximum absolute atomic E-state index is 12.6. The van der Waals surface area contributed by atoms with Gasteiger partial charge in [0.25, 0.3) is 5.91 Å². The van der Waals surface area contributed by atoms with E-state index >= 15 is 0 Å². The lowest BCUT2D eigenvalue weighted by atomic mass is 10.0. The highest BCUT2D eigenvalue weighted by Crippen LogP contribution is 2.31. The quantitative estimate of drug-likeness (QED) is 0.512. The number of carbonyl (C=O) groups excluding carboxylic acids is 2. The van der Waals surface area contributed by atoms with Crippen LogP contribution in [0.15, 0.2) is 36.4 Å². The summed E-state index contributed by atoms with van der Waals surface area (Å²) in [4.78, 5) is 31.5. The summed E-state index contributed by atoms with van der Waals surface area (Å²) in [7, 11) is 0. The van der Waals surface area contributed by atoms with E-state index < -0.39 is 0 Å². The van der Waals surface area contributed by atoms with Crippen LogP contribution in [0.5, 0.6) is 0 Å². The van der Waals surface area contributed by atoms with Crippen molar-refractivity contribution in [3.63, 3.8) is 0 Å². The van der Waals surface area contributed by atoms with E-state index in [1.54, 1.807) is 42.5 Å². The lowest BCUT2D eigenvalue weighted by molar-refractivity contribution is 0.0526. The van der Waals surface area contributed by atoms with Crippen molar-refractivity contribution in [3.8, 4) is 0 Å². The number of piperidine rings is 1. The Hall–Kier alpha value is -2.35. The molecule has 0 saturated carbocycles. The van der Waals surface area contributed by atoms with E-state index in [0.717, 1.165) is 41.3 Å². The number of aromatic nitrogens is 1. The average Bonchev–Trinajstić information content (AvgIpc) is 3.19. The Balaban J connectivity index is 1.39. The van der Waals surface area contributed by atoms with Crippen molar-refractivity contribution in [1.29, 1.82) is 0 Å². The number of fused-ring (bicyclic) bond motifs is 1. The fraction of sp³-hybridized carbons (Fsp3) is 0.318. The summed E-state index contributed by atoms with van der Waals surface area (Å²) < 4.78 is 6.02. The number of anilines is 1. The molecule has 4 rings (SSSR count). The number of hydrogen-bond donors (Lipinski definition) is 1. The van der Waals surface area contributed by atoms with Crippen LogP contribution in [0.1, 0.15) is 40.5 Å². The molecule has 2 heterocycles. The topological polar surface area (TPSA) is 71.5 Å². The number of ether oxygens (including phenoxy) is 1. The molecule has 9 heteroatoms. The van der Waals surface area contributed by atoms with Crippen LogP contribution >= 0.6 is 34.5 Å². The SMILES string of the molecule is CCOC(=O)c1ccc2nc(N3CCC(NC(=O)c4cccc(Cl)c4Cl)CC3)sc2c1. The van der Waals surface area contributed by atoms with Gasteiger partial charge >= 0.3 is 5.97 Å². The number of thiazole rings is 1. The van der Waals surface area contributed by atoms with E-state index in [0.29, 0.717) is 22.8 Å². The highest BCUT2D eigenvalue weighted by atomic mass is 35.5. The zero-order valence-corrected chi connectivity index (χ0v) is 19.2. The van der Waals surface area contributed by atoms with E-state index in [4.69, 9.17) is 32.9 Å². The van der Waals surface area contributed by atoms with E-state index in [9.17, 15) is 9.59 Å². The van der Waals surface area contributed by atoms with Gasteiger partial charge in [-0.2, -0.15) is 0 Å². The van der Waals surface area contributed by atoms with Crippen molar-refractivity contribution in [1.82, 2.24) is 10.3 Å². The third-order valence-electron chi connectivity index (χ3n) is 5.19. The van der Waals surface area contributed by atoms with Gasteiger partial charge in [-0.1, -0.05) is 40.6 Å². The number of benzene rings is 2. The van der Waals surface area contributed by atoms with E-state index in [1.165, 1.54) is 0 Å². The zero-order valence-electron chi connectivity index (χ0n) is 16.9. The van der Waals surface area contributed by atoms with Gasteiger partial charge in [0.05, 0.1) is 38.0 Å². The van der Waals surface area contributed by atoms with Crippen molar-refractivity contribution >= 4 is 61.8 Å². The molecule has 1 saturated heterocycles. The molecule has 1 aromatic heterocycles. The molecule has 162 valence electrons. The van der Waals surface area contributed by atoms with Gasteiger partial charge in [-0.15, -0.1) is 0 Å². The molecular formula is C22H21Cl2N3O3S. The van der Waals surface area contributed by atoms with Crippen LogP contribution in [0.4, 0.5) is 5.13 Å². The Kier molecular flexibility index (Phi) is 6.65. The molecule has 6 nitrogen and oxygen atoms in total. The molecule has 0 radical (unpaired) electrons. The average molecular weight is 478 g/mol. The van der Waals surface area contributed by atoms with Crippen molar-refractivity contribution in [2.45, 2.75) is 25.8 Å². The molecule has 0 bridgehead atoms. The minimum absolute atomic E-state index is 0.0589. The van der Waals surface area contributed by atoms with Gasteiger partial charge in [-0.05, 0) is 50.1 Å². The van der Waals surface area contributed by atoms with Crippen molar-refractivity contribution in [2.24, 2.45) is 0 Å². The normalized spacial score (nSPS) is 14.6. The van der Waals surface area contributed by atoms with Gasteiger partial charge in [0.15, 0.2) is 5.13 Å². The molecule has 1 fully saturated rings. The van der Waals surface area contributed by atoms with Crippen molar-refractivity contribution in [2.75, 3.05) is 24.6 Å². The molecule has 0 unspecified atom stereocenters. The predicted octanol–water partition coefficient (Wildman–Crippen LogP) is 5.18. The fourth-order valence-corrected chi connectivity index (χ4v) is 4.99. The Morgan fingerprint density at radius 3 is 2.74 bits per heavy atom. The number of halogens is 2. The van der Waals surface area contributed by atoms with Crippen LogP contribution in [-0.4, -0.2) is 42.6 Å². The minimum Gasteiger partial charge on any atom is -0.462 e. The number of nitrogens with one attached hydrogen (secondary N) is 1. The highest BCUT2D eigenvalue weighted by molar-refractivity contribution is 7.22. The smallest absolute Gasteiger partial charge is 0.338 e. The third kappa shape index (κ3) is 4.79. The van der Waals surface area contributed by atoms with Crippen LogP contribution in [0.2, 0.25) is 10.0 Å². The highest BCUT2D eigenvalue weighted by Gasteiger charge is 2.24. The molecule has 1 amide bonds. The van der Waals surface area contributed by atoms with Crippen molar-refractivity contribution in [3.05, 3.63) is 57.6 Å². The van der Waals surface area contributed by atoms with Gasteiger partial charge in [0, 0.05) is 19.1 Å². The van der Waals surface area contributed by atoms with Gasteiger partial charge in [-0.3, -0.25) is 4.79 Å². The summed E-state index contributed by atoms with van der Waals surface area (Å²) in [5, 5.41) is 4.61. The van der Waals surface area contributed by atoms with Crippen LogP contribution in [-0.2, 0) is 4.74 Å². The second-order valence-electron chi connectivity index (χ2n) is 7.24. The predicted molar refractivity (Wildman–Crippen MR) is 125 cm³/mol. The summed E-state index contributed by atoms with van der Waals surface area (Å²) in [6.07, 6.45) is 1.60. The molecule has 0 aliphatic carbocycles. The number of esters is 1. The molecule has 3 aromatic rings. The largest absolute Gasteiger partial charge is 0.462 e. The van der Waals surface area contributed by atoms with E-state index in [2.05, 4.69) is 10.2 Å². The molecule has 1 N–H and O–H groups in total. The molecule has 2 aromatic carbocycles. The lowest BCUT2D eigenvalue weighted by Gasteiger charge is -2.32. The van der Waals surface area contributed by atoms with Gasteiger partial charge < -0.3 is 15.0 Å². The fourth-order valence-electron chi connectivity index (χ4n) is 3.55. The zero-order chi connectivity index (χ0) is 22.0. The van der Waals surface area contributed by atoms with Crippen LogP contribution in [0.3, 0.4) is 0 Å². The maximum atomic E-state index is 12.6. The van der Waals surface area contributed by atoms with Crippen LogP contribution < -0.4 is 10.2 Å². The molecule has 31 heavy (non-hydrogen) atoms. The third-order valence-corrected chi connectivity index (χ3v) is 7.08. The Labute approximate surface area is 194 Å². The number of amides is 1. The Bertz CT molecular complexity index is 1130. The monoisotopic (exact) mass is 477 g/mol. The Morgan fingerprint density at radius 1 is 1.23 bits per heavy atom. The lowest BCUT2D eigenvalue weighted by Crippen LogP contribution is -2.44. The van der Waals surface area contributed by atoms with E-state index in [-0.39, 0.29) is 22.9 Å². The first kappa shape index (κ1) is 21.9. The summed E-state index contributed by atoms with van der Waals surface area (Å²) in [6, 6.07) is 10.5. The van der Waals surface area contributed by atoms with Gasteiger partial charge in [0.1, 0.15) is 0 Å². The summed E-state index contributed by atoms with van der Waals surface area (Å²) in [5.41, 5.74) is 1.78. The number of nitrogens with zero attached hydrogens (tertiary/aromatic N) is 2. The Morgan fingerprint density at radius 2 is 2.00 bits per heavy atom. The van der Waals surface area contributed by atoms with Crippen LogP contribution in [0, 0.1) is 0 Å². The van der Waals surface area contributed by atoms with Crippen LogP contribution in [0.25, 0.3) is 10.2 Å². The standard InChI is InChI=1S/C22H21Cl2N3O3S/c1-2-30-21(29)13-6-7-17-18(12-13)31-22(26-17)27-10-8-14(9-11-27)25-20(28)15-4-3-5-16(23)19(15)24/h3-7,12,14H,2,8-11H2,1H3,(H,25,28). The molecule has 1 aliphatic heterocycles. The maximum Gasteiger partial charge on any atom is 0.338 e. The molecular weight excluding hydrogens is 457 g/mol. The summed E-state index contributed by atoms with van der Waals surface area (Å²) >= 11 is 13.7. The summed E-state index contributed by atoms with van der Waals surface area (Å²) in [6.45, 7) is 3.69. The first-order valence-corrected chi connectivity index (χ1v) is 11.6.